The van der Waals surface area contributed by atoms with E-state index in [1.165, 1.54) is 0 Å². The van der Waals surface area contributed by atoms with Gasteiger partial charge < -0.3 is 10.6 Å². The smallest absolute Gasteiger partial charge is 0.322 e. The van der Waals surface area contributed by atoms with E-state index in [-0.39, 0.29) is 18.5 Å². The summed E-state index contributed by atoms with van der Waals surface area (Å²) in [6.45, 7) is 4.11. The largest absolute Gasteiger partial charge is 0.344 e. The molecule has 1 aliphatic carbocycles. The minimum atomic E-state index is -0.863. The van der Waals surface area contributed by atoms with Crippen LogP contribution in [0.4, 0.5) is 4.79 Å². The van der Waals surface area contributed by atoms with Crippen molar-refractivity contribution >= 4 is 17.8 Å². The molecule has 1 aliphatic heterocycles. The molecule has 32 heavy (non-hydrogen) atoms. The molecule has 7 nitrogen and oxygen atoms in total. The lowest BCUT2D eigenvalue weighted by Gasteiger charge is -2.33. The first-order valence-electron chi connectivity index (χ1n) is 11.2. The third-order valence-corrected chi connectivity index (χ3v) is 6.61. The van der Waals surface area contributed by atoms with Crippen LogP contribution in [0.25, 0.3) is 11.1 Å². The third kappa shape index (κ3) is 4.53. The fourth-order valence-corrected chi connectivity index (χ4v) is 4.44. The second-order valence-corrected chi connectivity index (χ2v) is 8.96. The molecule has 0 bridgehead atoms. The van der Waals surface area contributed by atoms with Crippen molar-refractivity contribution in [1.82, 2.24) is 21.1 Å². The van der Waals surface area contributed by atoms with Crippen LogP contribution in [0.5, 0.6) is 0 Å². The van der Waals surface area contributed by atoms with E-state index in [0.29, 0.717) is 18.8 Å². The van der Waals surface area contributed by atoms with E-state index in [2.05, 4.69) is 47.2 Å². The first kappa shape index (κ1) is 22.0. The summed E-state index contributed by atoms with van der Waals surface area (Å²) in [4.78, 5) is 37.6. The summed E-state index contributed by atoms with van der Waals surface area (Å²) < 4.78 is 0. The minimum Gasteiger partial charge on any atom is -0.322 e. The molecule has 1 atom stereocenters. The lowest BCUT2D eigenvalue weighted by atomic mass is 9.77. The van der Waals surface area contributed by atoms with E-state index in [0.717, 1.165) is 34.5 Å². The Morgan fingerprint density at radius 3 is 2.34 bits per heavy atom. The maximum atomic E-state index is 12.9. The zero-order chi connectivity index (χ0) is 22.7. The number of rotatable bonds is 6. The second-order valence-electron chi connectivity index (χ2n) is 8.96. The van der Waals surface area contributed by atoms with Crippen LogP contribution in [-0.4, -0.2) is 34.9 Å². The predicted octanol–water partition coefficient (Wildman–Crippen LogP) is 3.54. The van der Waals surface area contributed by atoms with Crippen LogP contribution in [-0.2, 0) is 9.59 Å². The maximum absolute atomic E-state index is 12.9. The molecule has 1 saturated heterocycles. The van der Waals surface area contributed by atoms with Crippen LogP contribution in [0.15, 0.2) is 54.6 Å². The Morgan fingerprint density at radius 1 is 1.06 bits per heavy atom. The number of nitrogens with one attached hydrogen (secondary N) is 3. The Bertz CT molecular complexity index is 982. The molecule has 1 spiro atoms. The van der Waals surface area contributed by atoms with Gasteiger partial charge in [-0.15, -0.1) is 0 Å². The number of benzene rings is 2. The van der Waals surface area contributed by atoms with Gasteiger partial charge >= 0.3 is 6.03 Å². The number of carbonyl (C=O) groups is 3. The maximum Gasteiger partial charge on any atom is 0.344 e. The van der Waals surface area contributed by atoms with Gasteiger partial charge in [-0.3, -0.25) is 15.0 Å². The van der Waals surface area contributed by atoms with Crippen molar-refractivity contribution in [1.29, 1.82) is 0 Å². The summed E-state index contributed by atoms with van der Waals surface area (Å²) in [6.07, 6.45) is 2.99. The van der Waals surface area contributed by atoms with Crippen LogP contribution >= 0.6 is 0 Å². The lowest BCUT2D eigenvalue weighted by Crippen LogP contribution is -2.52. The SMILES string of the molecule is CC1CCC2(CC1)NC(=O)N(NC(=O)CN[C@@H](C)c1ccc(-c3ccccc3)cc1)C2=O. The fraction of sp³-hybridized carbons (Fsp3) is 0.400. The molecule has 4 amide bonds. The van der Waals surface area contributed by atoms with Crippen LogP contribution in [0, 0.1) is 5.92 Å². The lowest BCUT2D eigenvalue weighted by molar-refractivity contribution is -0.139. The van der Waals surface area contributed by atoms with Gasteiger partial charge in [-0.2, -0.15) is 5.01 Å². The van der Waals surface area contributed by atoms with Gasteiger partial charge in [-0.25, -0.2) is 4.79 Å². The number of carbonyl (C=O) groups excluding carboxylic acids is 3. The van der Waals surface area contributed by atoms with Crippen LogP contribution in [0.1, 0.15) is 51.1 Å². The Kier molecular flexibility index (Phi) is 6.28. The van der Waals surface area contributed by atoms with Crippen LogP contribution < -0.4 is 16.1 Å². The number of amides is 4. The average molecular weight is 435 g/mol. The predicted molar refractivity (Wildman–Crippen MR) is 122 cm³/mol. The van der Waals surface area contributed by atoms with Crippen LogP contribution in [0.3, 0.4) is 0 Å². The molecule has 7 heteroatoms. The van der Waals surface area contributed by atoms with Crippen molar-refractivity contribution in [3.05, 3.63) is 60.2 Å². The van der Waals surface area contributed by atoms with Gasteiger partial charge in [-0.05, 0) is 55.2 Å². The van der Waals surface area contributed by atoms with E-state index < -0.39 is 17.5 Å². The Morgan fingerprint density at radius 2 is 1.69 bits per heavy atom. The van der Waals surface area contributed by atoms with Gasteiger partial charge in [0, 0.05) is 6.04 Å². The first-order valence-corrected chi connectivity index (χ1v) is 11.2. The topological polar surface area (TPSA) is 90.5 Å². The van der Waals surface area contributed by atoms with Crippen molar-refractivity contribution in [3.8, 4) is 11.1 Å². The third-order valence-electron chi connectivity index (χ3n) is 6.61. The van der Waals surface area contributed by atoms with E-state index in [4.69, 9.17) is 0 Å². The molecule has 1 saturated carbocycles. The first-order chi connectivity index (χ1) is 15.4. The minimum absolute atomic E-state index is 0.0112. The highest BCUT2D eigenvalue weighted by atomic mass is 16.2. The molecule has 3 N–H and O–H groups in total. The van der Waals surface area contributed by atoms with Crippen molar-refractivity contribution in [2.24, 2.45) is 5.92 Å². The quantitative estimate of drug-likeness (QED) is 0.607. The number of imide groups is 1. The molecule has 0 aromatic heterocycles. The number of hydrogen-bond donors (Lipinski definition) is 3. The number of hydrazine groups is 1. The van der Waals surface area contributed by atoms with Gasteiger partial charge in [0.2, 0.25) is 0 Å². The number of nitrogens with zero attached hydrogens (tertiary/aromatic N) is 1. The zero-order valence-corrected chi connectivity index (χ0v) is 18.6. The molecule has 0 radical (unpaired) electrons. The molecule has 1 heterocycles. The van der Waals surface area contributed by atoms with E-state index in [1.807, 2.05) is 37.3 Å². The van der Waals surface area contributed by atoms with Gasteiger partial charge in [0.05, 0.1) is 6.54 Å². The number of hydrogen-bond acceptors (Lipinski definition) is 4. The zero-order valence-electron chi connectivity index (χ0n) is 18.6. The van der Waals surface area contributed by atoms with Crippen molar-refractivity contribution in [2.45, 2.75) is 51.1 Å². The van der Waals surface area contributed by atoms with Gasteiger partial charge in [0.25, 0.3) is 11.8 Å². The summed E-state index contributed by atoms with van der Waals surface area (Å²) >= 11 is 0. The molecule has 0 unspecified atom stereocenters. The molecular weight excluding hydrogens is 404 g/mol. The molecular formula is C25H30N4O3. The standard InChI is InChI=1S/C25H30N4O3/c1-17-12-14-25(15-13-17)23(31)29(24(32)27-25)28-22(30)16-26-18(2)19-8-10-21(11-9-19)20-6-4-3-5-7-20/h3-11,17-18,26H,12-16H2,1-2H3,(H,27,32)(H,28,30)/t17?,18-,25?/m0/s1. The second kappa shape index (κ2) is 9.12. The van der Waals surface area contributed by atoms with Gasteiger partial charge in [0.1, 0.15) is 5.54 Å². The van der Waals surface area contributed by atoms with E-state index >= 15 is 0 Å². The van der Waals surface area contributed by atoms with E-state index in [9.17, 15) is 14.4 Å². The summed E-state index contributed by atoms with van der Waals surface area (Å²) in [6, 6.07) is 17.7. The fourth-order valence-electron chi connectivity index (χ4n) is 4.44. The highest BCUT2D eigenvalue weighted by Crippen LogP contribution is 2.35. The number of urea groups is 1. The van der Waals surface area contributed by atoms with Crippen molar-refractivity contribution < 1.29 is 14.4 Å². The summed E-state index contributed by atoms with van der Waals surface area (Å²) in [5, 5.41) is 6.81. The molecule has 4 rings (SSSR count). The van der Waals surface area contributed by atoms with Gasteiger partial charge in [0.15, 0.2) is 0 Å². The normalized spacial score (nSPS) is 23.8. The molecule has 2 aliphatic rings. The average Bonchev–Trinajstić information content (AvgIpc) is 3.04. The highest BCUT2D eigenvalue weighted by Gasteiger charge is 2.52. The summed E-state index contributed by atoms with van der Waals surface area (Å²) in [5.41, 5.74) is 4.93. The highest BCUT2D eigenvalue weighted by molar-refractivity contribution is 6.08. The molecule has 2 aromatic carbocycles. The Balaban J connectivity index is 1.30. The summed E-state index contributed by atoms with van der Waals surface area (Å²) in [7, 11) is 0. The Labute approximate surface area is 188 Å². The molecule has 2 fully saturated rings. The summed E-state index contributed by atoms with van der Waals surface area (Å²) in [5.74, 6) is -0.240. The molecule has 2 aromatic rings. The molecule has 168 valence electrons. The van der Waals surface area contributed by atoms with Crippen molar-refractivity contribution in [2.75, 3.05) is 6.54 Å². The van der Waals surface area contributed by atoms with Crippen LogP contribution in [0.2, 0.25) is 0 Å². The van der Waals surface area contributed by atoms with Gasteiger partial charge in [-0.1, -0.05) is 61.5 Å². The monoisotopic (exact) mass is 434 g/mol. The van der Waals surface area contributed by atoms with Crippen molar-refractivity contribution in [3.63, 3.8) is 0 Å². The van der Waals surface area contributed by atoms with E-state index in [1.54, 1.807) is 0 Å². The Hall–Kier alpha value is -3.19.